The van der Waals surface area contributed by atoms with Gasteiger partial charge >= 0.3 is 0 Å². The van der Waals surface area contributed by atoms with Crippen molar-refractivity contribution in [3.63, 3.8) is 0 Å². The molecule has 1 aliphatic heterocycles. The summed E-state index contributed by atoms with van der Waals surface area (Å²) in [4.78, 5) is 15.4. The van der Waals surface area contributed by atoms with E-state index >= 15 is 0 Å². The smallest absolute Gasteiger partial charge is 0.163 e. The predicted molar refractivity (Wildman–Crippen MR) is 116 cm³/mol. The third-order valence-corrected chi connectivity index (χ3v) is 6.29. The normalized spacial score (nSPS) is 20.8. The number of likely N-dealkylation sites (tertiary alicyclic amines) is 1. The van der Waals surface area contributed by atoms with Crippen molar-refractivity contribution in [1.82, 2.24) is 4.90 Å². The molecule has 1 unspecified atom stereocenters. The van der Waals surface area contributed by atoms with E-state index in [4.69, 9.17) is 4.74 Å². The molecule has 1 fully saturated rings. The summed E-state index contributed by atoms with van der Waals surface area (Å²) < 4.78 is 5.30. The van der Waals surface area contributed by atoms with Crippen molar-refractivity contribution in [2.45, 2.75) is 38.0 Å². The molecule has 1 saturated heterocycles. The fourth-order valence-corrected chi connectivity index (χ4v) is 4.69. The number of aryl methyl sites for hydroxylation is 1. The molecule has 0 amide bonds. The number of piperidine rings is 1. The van der Waals surface area contributed by atoms with Gasteiger partial charge in [-0.15, -0.1) is 12.4 Å². The van der Waals surface area contributed by atoms with Crippen LogP contribution < -0.4 is 4.74 Å². The van der Waals surface area contributed by atoms with Gasteiger partial charge < -0.3 is 9.64 Å². The van der Waals surface area contributed by atoms with Crippen LogP contribution in [0.3, 0.4) is 0 Å². The molecule has 2 aromatic carbocycles. The van der Waals surface area contributed by atoms with Crippen LogP contribution in [0.4, 0.5) is 0 Å². The van der Waals surface area contributed by atoms with Crippen molar-refractivity contribution >= 4 is 18.2 Å². The predicted octanol–water partition coefficient (Wildman–Crippen LogP) is 5.13. The molecule has 1 heterocycles. The van der Waals surface area contributed by atoms with Crippen LogP contribution in [0, 0.1) is 5.92 Å². The highest BCUT2D eigenvalue weighted by Crippen LogP contribution is 2.31. The van der Waals surface area contributed by atoms with Gasteiger partial charge in [0, 0.05) is 18.5 Å². The fourth-order valence-electron chi connectivity index (χ4n) is 4.69. The molecule has 4 rings (SSSR count). The molecule has 0 radical (unpaired) electrons. The second kappa shape index (κ2) is 9.58. The average molecular weight is 400 g/mol. The number of ketones is 1. The number of benzene rings is 2. The Bertz CT molecular complexity index is 784. The van der Waals surface area contributed by atoms with E-state index in [-0.39, 0.29) is 18.2 Å². The Morgan fingerprint density at radius 3 is 2.50 bits per heavy atom. The number of methoxy groups -OCH3 is 1. The van der Waals surface area contributed by atoms with E-state index in [0.717, 1.165) is 43.8 Å². The van der Waals surface area contributed by atoms with E-state index in [9.17, 15) is 4.79 Å². The van der Waals surface area contributed by atoms with Gasteiger partial charge in [-0.1, -0.05) is 36.4 Å². The second-order valence-electron chi connectivity index (χ2n) is 8.04. The molecule has 3 nitrogen and oxygen atoms in total. The third-order valence-electron chi connectivity index (χ3n) is 6.29. The lowest BCUT2D eigenvalue weighted by Gasteiger charge is -2.34. The lowest BCUT2D eigenvalue weighted by Crippen LogP contribution is -2.37. The van der Waals surface area contributed by atoms with Gasteiger partial charge in [-0.25, -0.2) is 0 Å². The minimum absolute atomic E-state index is 0. The molecular formula is C24H30ClNO2. The van der Waals surface area contributed by atoms with Gasteiger partial charge in [0.05, 0.1) is 7.11 Å². The van der Waals surface area contributed by atoms with E-state index in [1.165, 1.54) is 24.0 Å². The van der Waals surface area contributed by atoms with Gasteiger partial charge in [0.1, 0.15) is 5.75 Å². The standard InChI is InChI=1S/C24H29NO2.ClH/c1-27-22-10-9-21-8-7-18(15-24(26)23(21)16-22)17-25-13-11-20(12-14-25)19-5-3-2-4-6-19;/h2-6,9-10,16,18,20H,7-8,11-15,17H2,1H3;1H. The molecule has 2 aliphatic rings. The van der Waals surface area contributed by atoms with E-state index in [0.29, 0.717) is 18.3 Å². The lowest BCUT2D eigenvalue weighted by atomic mass is 9.88. The van der Waals surface area contributed by atoms with Crippen molar-refractivity contribution in [1.29, 1.82) is 0 Å². The van der Waals surface area contributed by atoms with E-state index in [1.54, 1.807) is 7.11 Å². The number of fused-ring (bicyclic) bond motifs is 1. The molecule has 28 heavy (non-hydrogen) atoms. The number of hydrogen-bond donors (Lipinski definition) is 0. The number of Topliss-reactive ketones (excluding diaryl/α,β-unsaturated/α-hetero) is 1. The van der Waals surface area contributed by atoms with E-state index in [2.05, 4.69) is 41.3 Å². The number of nitrogens with zero attached hydrogens (tertiary/aromatic N) is 1. The minimum Gasteiger partial charge on any atom is -0.497 e. The van der Waals surface area contributed by atoms with Crippen LogP contribution in [0.1, 0.15) is 53.1 Å². The largest absolute Gasteiger partial charge is 0.497 e. The molecule has 0 aromatic heterocycles. The summed E-state index contributed by atoms with van der Waals surface area (Å²) in [7, 11) is 1.66. The molecule has 150 valence electrons. The first kappa shape index (κ1) is 20.9. The Kier molecular flexibility index (Phi) is 7.14. The van der Waals surface area contributed by atoms with Gasteiger partial charge in [0.2, 0.25) is 0 Å². The van der Waals surface area contributed by atoms with Crippen LogP contribution in [0.5, 0.6) is 5.75 Å². The number of hydrogen-bond acceptors (Lipinski definition) is 3. The van der Waals surface area contributed by atoms with Gasteiger partial charge in [-0.2, -0.15) is 0 Å². The van der Waals surface area contributed by atoms with Crippen LogP contribution in [-0.4, -0.2) is 37.4 Å². The number of rotatable bonds is 4. The van der Waals surface area contributed by atoms with Crippen LogP contribution >= 0.6 is 12.4 Å². The number of halogens is 1. The lowest BCUT2D eigenvalue weighted by molar-refractivity contribution is 0.0941. The first-order valence-electron chi connectivity index (χ1n) is 10.2. The van der Waals surface area contributed by atoms with E-state index < -0.39 is 0 Å². The highest BCUT2D eigenvalue weighted by molar-refractivity contribution is 5.98. The van der Waals surface area contributed by atoms with Crippen molar-refractivity contribution in [3.8, 4) is 5.75 Å². The van der Waals surface area contributed by atoms with Crippen LogP contribution in [0.25, 0.3) is 0 Å². The topological polar surface area (TPSA) is 29.5 Å². The Labute approximate surface area is 174 Å². The van der Waals surface area contributed by atoms with Crippen LogP contribution in [-0.2, 0) is 6.42 Å². The first-order chi connectivity index (χ1) is 13.2. The summed E-state index contributed by atoms with van der Waals surface area (Å²) in [5, 5.41) is 0. The summed E-state index contributed by atoms with van der Waals surface area (Å²) in [5.41, 5.74) is 3.54. The molecule has 1 aliphatic carbocycles. The van der Waals surface area contributed by atoms with Crippen molar-refractivity contribution in [3.05, 3.63) is 65.2 Å². The van der Waals surface area contributed by atoms with Crippen molar-refractivity contribution in [2.75, 3.05) is 26.7 Å². The number of carbonyl (C=O) groups is 1. The summed E-state index contributed by atoms with van der Waals surface area (Å²) in [6.07, 6.45) is 5.21. The first-order valence-corrected chi connectivity index (χ1v) is 10.2. The molecule has 0 bridgehead atoms. The zero-order chi connectivity index (χ0) is 18.6. The molecule has 0 spiro atoms. The highest BCUT2D eigenvalue weighted by Gasteiger charge is 2.27. The van der Waals surface area contributed by atoms with Crippen LogP contribution in [0.2, 0.25) is 0 Å². The SMILES string of the molecule is COc1ccc2c(c1)C(=O)CC(CN1CCC(c3ccccc3)CC1)CC2.Cl. The maximum Gasteiger partial charge on any atom is 0.163 e. The third kappa shape index (κ3) is 4.76. The minimum atomic E-state index is 0. The van der Waals surface area contributed by atoms with Crippen LogP contribution in [0.15, 0.2) is 48.5 Å². The summed E-state index contributed by atoms with van der Waals surface area (Å²) in [6, 6.07) is 16.9. The summed E-state index contributed by atoms with van der Waals surface area (Å²) in [6.45, 7) is 3.34. The quantitative estimate of drug-likeness (QED) is 0.667. The Hall–Kier alpha value is -1.84. The monoisotopic (exact) mass is 399 g/mol. The zero-order valence-electron chi connectivity index (χ0n) is 16.6. The van der Waals surface area contributed by atoms with Crippen molar-refractivity contribution < 1.29 is 9.53 Å². The van der Waals surface area contributed by atoms with E-state index in [1.807, 2.05) is 12.1 Å². The molecular weight excluding hydrogens is 370 g/mol. The Morgan fingerprint density at radius 1 is 1.04 bits per heavy atom. The Balaban J connectivity index is 0.00000225. The maximum absolute atomic E-state index is 12.8. The maximum atomic E-state index is 12.8. The Morgan fingerprint density at radius 2 is 1.79 bits per heavy atom. The summed E-state index contributed by atoms with van der Waals surface area (Å²) in [5.74, 6) is 2.22. The number of carbonyl (C=O) groups excluding carboxylic acids is 1. The average Bonchev–Trinajstić information content (AvgIpc) is 2.87. The summed E-state index contributed by atoms with van der Waals surface area (Å²) >= 11 is 0. The molecule has 2 aromatic rings. The second-order valence-corrected chi connectivity index (χ2v) is 8.04. The molecule has 1 atom stereocenters. The molecule has 0 saturated carbocycles. The molecule has 4 heteroatoms. The van der Waals surface area contributed by atoms with Gasteiger partial charge in [-0.05, 0) is 73.9 Å². The van der Waals surface area contributed by atoms with Gasteiger partial charge in [0.25, 0.3) is 0 Å². The fraction of sp³-hybridized carbons (Fsp3) is 0.458. The van der Waals surface area contributed by atoms with Gasteiger partial charge in [-0.3, -0.25) is 4.79 Å². The highest BCUT2D eigenvalue weighted by atomic mass is 35.5. The van der Waals surface area contributed by atoms with Gasteiger partial charge in [0.15, 0.2) is 5.78 Å². The zero-order valence-corrected chi connectivity index (χ0v) is 17.4. The number of ether oxygens (including phenoxy) is 1. The van der Waals surface area contributed by atoms with Crippen molar-refractivity contribution in [2.24, 2.45) is 5.92 Å². The molecule has 0 N–H and O–H groups in total.